The summed E-state index contributed by atoms with van der Waals surface area (Å²) in [7, 11) is 0. The number of aliphatic hydroxyl groups excluding tert-OH is 3. The van der Waals surface area contributed by atoms with Crippen LogP contribution in [0.3, 0.4) is 0 Å². The van der Waals surface area contributed by atoms with E-state index in [4.69, 9.17) is 9.15 Å². The Morgan fingerprint density at radius 2 is 1.53 bits per heavy atom. The second-order valence-corrected chi connectivity index (χ2v) is 7.04. The highest BCUT2D eigenvalue weighted by molar-refractivity contribution is 5.86. The van der Waals surface area contributed by atoms with E-state index in [0.29, 0.717) is 0 Å². The lowest BCUT2D eigenvalue weighted by molar-refractivity contribution is -0.189. The van der Waals surface area contributed by atoms with Gasteiger partial charge in [0.15, 0.2) is 16.9 Å². The van der Waals surface area contributed by atoms with Gasteiger partial charge < -0.3 is 44.9 Å². The normalized spacial score (nSPS) is 24.2. The minimum absolute atomic E-state index is 0.0415. The molecule has 1 aliphatic heterocycles. The zero-order chi connectivity index (χ0) is 21.7. The van der Waals surface area contributed by atoms with Crippen LogP contribution >= 0.6 is 0 Å². The number of hydrogen-bond acceptors (Lipinski definition) is 10. The number of benzene rings is 2. The van der Waals surface area contributed by atoms with Crippen molar-refractivity contribution >= 4 is 11.0 Å². The maximum Gasteiger partial charge on any atom is 0.197 e. The molecule has 0 bridgehead atoms. The third-order valence-corrected chi connectivity index (χ3v) is 5.01. The van der Waals surface area contributed by atoms with Crippen molar-refractivity contribution in [3.63, 3.8) is 0 Å². The zero-order valence-corrected chi connectivity index (χ0v) is 15.3. The number of phenolic OH excluding ortho intramolecular Hbond substituents is 4. The van der Waals surface area contributed by atoms with Gasteiger partial charge in [0.05, 0.1) is 6.61 Å². The summed E-state index contributed by atoms with van der Waals surface area (Å²) in [4.78, 5) is 12.5. The van der Waals surface area contributed by atoms with Crippen LogP contribution in [0.2, 0.25) is 0 Å². The van der Waals surface area contributed by atoms with Crippen LogP contribution in [0.5, 0.6) is 23.0 Å². The van der Waals surface area contributed by atoms with Gasteiger partial charge in [-0.15, -0.1) is 0 Å². The first-order valence-corrected chi connectivity index (χ1v) is 8.89. The first-order chi connectivity index (χ1) is 14.2. The molecule has 0 amide bonds. The molecule has 1 aromatic heterocycles. The number of aliphatic hydroxyl groups is 3. The van der Waals surface area contributed by atoms with Crippen LogP contribution in [0.25, 0.3) is 22.3 Å². The molecule has 2 aromatic carbocycles. The molecule has 4 atom stereocenters. The molecule has 2 heterocycles. The molecule has 158 valence electrons. The fraction of sp³-hybridized carbons (Fsp3) is 0.250. The zero-order valence-electron chi connectivity index (χ0n) is 15.3. The van der Waals surface area contributed by atoms with E-state index in [9.17, 15) is 40.5 Å². The van der Waals surface area contributed by atoms with E-state index < -0.39 is 47.1 Å². The van der Waals surface area contributed by atoms with Crippen molar-refractivity contribution in [1.29, 1.82) is 0 Å². The third kappa shape index (κ3) is 3.21. The SMILES string of the molecule is O=c1cc(-c2cc(O)c(O)cc2C2OCC(O)C(O)C2O)oc2cc(O)cc(O)c12. The van der Waals surface area contributed by atoms with Crippen LogP contribution in [-0.4, -0.2) is 60.7 Å². The van der Waals surface area contributed by atoms with Crippen molar-refractivity contribution in [2.24, 2.45) is 0 Å². The van der Waals surface area contributed by atoms with E-state index in [2.05, 4.69) is 0 Å². The number of ether oxygens (including phenoxy) is 1. The van der Waals surface area contributed by atoms with Crippen LogP contribution in [0.1, 0.15) is 11.7 Å². The Hall–Kier alpha value is -3.31. The number of aromatic hydroxyl groups is 4. The molecule has 3 aromatic rings. The lowest BCUT2D eigenvalue weighted by Crippen LogP contribution is -2.49. The summed E-state index contributed by atoms with van der Waals surface area (Å²) < 4.78 is 11.1. The maximum absolute atomic E-state index is 12.5. The van der Waals surface area contributed by atoms with Crippen LogP contribution in [0, 0.1) is 0 Å². The van der Waals surface area contributed by atoms with Gasteiger partial charge in [-0.3, -0.25) is 4.79 Å². The maximum atomic E-state index is 12.5. The topological polar surface area (TPSA) is 181 Å². The summed E-state index contributed by atoms with van der Waals surface area (Å²) in [5, 5.41) is 69.4. The molecule has 4 unspecified atom stereocenters. The van der Waals surface area contributed by atoms with E-state index in [1.54, 1.807) is 0 Å². The summed E-state index contributed by atoms with van der Waals surface area (Å²) >= 11 is 0. The number of fused-ring (bicyclic) bond motifs is 1. The molecule has 0 spiro atoms. The van der Waals surface area contributed by atoms with Crippen LogP contribution in [0.4, 0.5) is 0 Å². The Kier molecular flexibility index (Phi) is 4.79. The van der Waals surface area contributed by atoms with Crippen molar-refractivity contribution in [2.45, 2.75) is 24.4 Å². The Balaban J connectivity index is 1.93. The molecule has 1 aliphatic rings. The Labute approximate surface area is 168 Å². The standard InChI is InChI=1S/C20H18O10/c21-7-1-12(24)17-13(25)5-15(30-16(17)2-7)8-3-10(22)11(23)4-9(8)20-19(28)18(27)14(26)6-29-20/h1-5,14,18-24,26-28H,6H2. The average molecular weight is 418 g/mol. The minimum Gasteiger partial charge on any atom is -0.508 e. The fourth-order valence-electron chi connectivity index (χ4n) is 3.51. The fourth-order valence-corrected chi connectivity index (χ4v) is 3.51. The molecule has 30 heavy (non-hydrogen) atoms. The molecular formula is C20H18O10. The molecule has 7 N–H and O–H groups in total. The van der Waals surface area contributed by atoms with Gasteiger partial charge in [0.2, 0.25) is 0 Å². The monoisotopic (exact) mass is 418 g/mol. The highest BCUT2D eigenvalue weighted by Gasteiger charge is 2.40. The third-order valence-electron chi connectivity index (χ3n) is 5.01. The molecule has 10 heteroatoms. The Morgan fingerprint density at radius 1 is 0.833 bits per heavy atom. The number of hydrogen-bond donors (Lipinski definition) is 7. The van der Waals surface area contributed by atoms with E-state index in [1.807, 2.05) is 0 Å². The van der Waals surface area contributed by atoms with Gasteiger partial charge in [-0.1, -0.05) is 0 Å². The molecular weight excluding hydrogens is 400 g/mol. The van der Waals surface area contributed by atoms with Crippen LogP contribution in [0.15, 0.2) is 39.5 Å². The summed E-state index contributed by atoms with van der Waals surface area (Å²) in [5.74, 6) is -2.07. The summed E-state index contributed by atoms with van der Waals surface area (Å²) in [6.07, 6.45) is -5.68. The van der Waals surface area contributed by atoms with Gasteiger partial charge in [0.25, 0.3) is 0 Å². The van der Waals surface area contributed by atoms with E-state index in [0.717, 1.165) is 30.3 Å². The lowest BCUT2D eigenvalue weighted by Gasteiger charge is -2.36. The molecule has 0 aliphatic carbocycles. The van der Waals surface area contributed by atoms with Gasteiger partial charge in [-0.05, 0) is 17.7 Å². The van der Waals surface area contributed by atoms with Crippen molar-refractivity contribution in [3.05, 3.63) is 46.1 Å². The van der Waals surface area contributed by atoms with Crippen molar-refractivity contribution < 1.29 is 44.9 Å². The summed E-state index contributed by atoms with van der Waals surface area (Å²) in [6, 6.07) is 5.27. The number of rotatable bonds is 2. The largest absolute Gasteiger partial charge is 0.508 e. The molecule has 0 saturated carbocycles. The highest BCUT2D eigenvalue weighted by atomic mass is 16.5. The second-order valence-electron chi connectivity index (χ2n) is 7.04. The van der Waals surface area contributed by atoms with Crippen molar-refractivity contribution in [1.82, 2.24) is 0 Å². The predicted octanol–water partition coefficient (Wildman–Crippen LogP) is 0.436. The Bertz CT molecular complexity index is 1180. The predicted molar refractivity (Wildman–Crippen MR) is 101 cm³/mol. The van der Waals surface area contributed by atoms with Gasteiger partial charge in [0.1, 0.15) is 52.6 Å². The Morgan fingerprint density at radius 3 is 2.27 bits per heavy atom. The lowest BCUT2D eigenvalue weighted by atomic mass is 9.90. The van der Waals surface area contributed by atoms with E-state index in [-0.39, 0.29) is 40.2 Å². The number of phenols is 4. The van der Waals surface area contributed by atoms with Gasteiger partial charge in [0, 0.05) is 23.8 Å². The first-order valence-electron chi connectivity index (χ1n) is 8.89. The van der Waals surface area contributed by atoms with Crippen molar-refractivity contribution in [2.75, 3.05) is 6.61 Å². The van der Waals surface area contributed by atoms with Crippen LogP contribution < -0.4 is 5.43 Å². The highest BCUT2D eigenvalue weighted by Crippen LogP contribution is 2.42. The van der Waals surface area contributed by atoms with Crippen molar-refractivity contribution in [3.8, 4) is 34.3 Å². The minimum atomic E-state index is -1.59. The molecule has 0 radical (unpaired) electrons. The van der Waals surface area contributed by atoms with E-state index >= 15 is 0 Å². The van der Waals surface area contributed by atoms with Crippen LogP contribution in [-0.2, 0) is 4.74 Å². The first kappa shape index (κ1) is 20.0. The van der Waals surface area contributed by atoms with E-state index in [1.165, 1.54) is 0 Å². The quantitative estimate of drug-likeness (QED) is 0.288. The average Bonchev–Trinajstić information content (AvgIpc) is 2.67. The van der Waals surface area contributed by atoms with Gasteiger partial charge in [-0.25, -0.2) is 0 Å². The molecule has 4 rings (SSSR count). The van der Waals surface area contributed by atoms with Gasteiger partial charge in [-0.2, -0.15) is 0 Å². The van der Waals surface area contributed by atoms with Gasteiger partial charge >= 0.3 is 0 Å². The molecule has 1 saturated heterocycles. The summed E-state index contributed by atoms with van der Waals surface area (Å²) in [6.45, 7) is -0.312. The second kappa shape index (κ2) is 7.18. The summed E-state index contributed by atoms with van der Waals surface area (Å²) in [5.41, 5.74) is -0.688. The molecule has 10 nitrogen and oxygen atoms in total. The smallest absolute Gasteiger partial charge is 0.197 e. The molecule has 1 fully saturated rings.